The van der Waals surface area contributed by atoms with Crippen LogP contribution in [0.25, 0.3) is 0 Å². The van der Waals surface area contributed by atoms with Gasteiger partial charge in [0, 0.05) is 31.5 Å². The second-order valence-electron chi connectivity index (χ2n) is 6.03. The molecule has 0 saturated carbocycles. The SMILES string of the molecule is Cc1ccc(N2CC(CNC(=O)C3CC=CCC3)C2)nn1. The predicted octanol–water partition coefficient (Wildman–Crippen LogP) is 1.69. The molecule has 0 bridgehead atoms. The van der Waals surface area contributed by atoms with Crippen LogP contribution in [0.5, 0.6) is 0 Å². The molecule has 0 aromatic carbocycles. The van der Waals surface area contributed by atoms with Gasteiger partial charge in [-0.2, -0.15) is 5.10 Å². The molecule has 21 heavy (non-hydrogen) atoms. The first kappa shape index (κ1) is 14.0. The summed E-state index contributed by atoms with van der Waals surface area (Å²) in [5.41, 5.74) is 0.935. The van der Waals surface area contributed by atoms with Crippen molar-refractivity contribution in [2.75, 3.05) is 24.5 Å². The van der Waals surface area contributed by atoms with Gasteiger partial charge in [0.05, 0.1) is 5.69 Å². The monoisotopic (exact) mass is 286 g/mol. The second-order valence-corrected chi connectivity index (χ2v) is 6.03. The lowest BCUT2D eigenvalue weighted by Gasteiger charge is -2.40. The lowest BCUT2D eigenvalue weighted by molar-refractivity contribution is -0.125. The Morgan fingerprint density at radius 2 is 2.19 bits per heavy atom. The molecule has 3 rings (SSSR count). The summed E-state index contributed by atoms with van der Waals surface area (Å²) in [5.74, 6) is 1.85. The second kappa shape index (κ2) is 6.24. The molecule has 1 aromatic rings. The van der Waals surface area contributed by atoms with E-state index in [0.717, 1.165) is 50.4 Å². The van der Waals surface area contributed by atoms with Crippen molar-refractivity contribution >= 4 is 11.7 Å². The zero-order valence-corrected chi connectivity index (χ0v) is 12.5. The van der Waals surface area contributed by atoms with E-state index in [4.69, 9.17) is 0 Å². The lowest BCUT2D eigenvalue weighted by atomic mass is 9.93. The first-order chi connectivity index (χ1) is 10.2. The number of nitrogens with one attached hydrogen (secondary N) is 1. The van der Waals surface area contributed by atoms with Gasteiger partial charge in [0.1, 0.15) is 0 Å². The van der Waals surface area contributed by atoms with Crippen molar-refractivity contribution in [2.24, 2.45) is 11.8 Å². The van der Waals surface area contributed by atoms with Gasteiger partial charge in [0.25, 0.3) is 0 Å². The summed E-state index contributed by atoms with van der Waals surface area (Å²) < 4.78 is 0. The highest BCUT2D eigenvalue weighted by atomic mass is 16.1. The molecule has 5 heteroatoms. The predicted molar refractivity (Wildman–Crippen MR) is 82.0 cm³/mol. The van der Waals surface area contributed by atoms with E-state index >= 15 is 0 Å². The van der Waals surface area contributed by atoms with E-state index in [1.807, 2.05) is 19.1 Å². The van der Waals surface area contributed by atoms with Crippen molar-refractivity contribution in [3.05, 3.63) is 30.0 Å². The minimum Gasteiger partial charge on any atom is -0.355 e. The highest BCUT2D eigenvalue weighted by Crippen LogP contribution is 2.22. The highest BCUT2D eigenvalue weighted by molar-refractivity contribution is 5.79. The summed E-state index contributed by atoms with van der Waals surface area (Å²) in [7, 11) is 0. The maximum atomic E-state index is 12.1. The fourth-order valence-corrected chi connectivity index (χ4v) is 2.87. The molecule has 5 nitrogen and oxygen atoms in total. The average Bonchev–Trinajstić information content (AvgIpc) is 2.48. The van der Waals surface area contributed by atoms with Crippen LogP contribution < -0.4 is 10.2 Å². The van der Waals surface area contributed by atoms with Crippen molar-refractivity contribution in [3.8, 4) is 0 Å². The van der Waals surface area contributed by atoms with Crippen LogP contribution >= 0.6 is 0 Å². The Hall–Kier alpha value is -1.91. The third kappa shape index (κ3) is 3.40. The first-order valence-electron chi connectivity index (χ1n) is 7.70. The van der Waals surface area contributed by atoms with Gasteiger partial charge in [0.2, 0.25) is 5.91 Å². The van der Waals surface area contributed by atoms with Gasteiger partial charge in [-0.15, -0.1) is 5.10 Å². The zero-order valence-electron chi connectivity index (χ0n) is 12.5. The molecule has 2 heterocycles. The van der Waals surface area contributed by atoms with Crippen molar-refractivity contribution in [2.45, 2.75) is 26.2 Å². The maximum Gasteiger partial charge on any atom is 0.223 e. The van der Waals surface area contributed by atoms with Crippen LogP contribution in [0, 0.1) is 18.8 Å². The Balaban J connectivity index is 1.40. The first-order valence-corrected chi connectivity index (χ1v) is 7.70. The minimum absolute atomic E-state index is 0.175. The van der Waals surface area contributed by atoms with E-state index in [1.54, 1.807) is 0 Å². The van der Waals surface area contributed by atoms with Crippen LogP contribution in [0.15, 0.2) is 24.3 Å². The number of hydrogen-bond donors (Lipinski definition) is 1. The Kier molecular flexibility index (Phi) is 4.18. The third-order valence-electron chi connectivity index (χ3n) is 4.27. The number of aryl methyl sites for hydroxylation is 1. The summed E-state index contributed by atoms with van der Waals surface area (Å²) >= 11 is 0. The molecule has 1 N–H and O–H groups in total. The van der Waals surface area contributed by atoms with E-state index in [9.17, 15) is 4.79 Å². The third-order valence-corrected chi connectivity index (χ3v) is 4.27. The minimum atomic E-state index is 0.175. The number of hydrogen-bond acceptors (Lipinski definition) is 4. The van der Waals surface area contributed by atoms with E-state index < -0.39 is 0 Å². The van der Waals surface area contributed by atoms with Crippen LogP contribution in [0.2, 0.25) is 0 Å². The van der Waals surface area contributed by atoms with Crippen molar-refractivity contribution in [1.82, 2.24) is 15.5 Å². The van der Waals surface area contributed by atoms with Crippen molar-refractivity contribution in [3.63, 3.8) is 0 Å². The number of anilines is 1. The van der Waals surface area contributed by atoms with Crippen LogP contribution in [-0.4, -0.2) is 35.7 Å². The molecule has 1 saturated heterocycles. The fourth-order valence-electron chi connectivity index (χ4n) is 2.87. The smallest absolute Gasteiger partial charge is 0.223 e. The Morgan fingerprint density at radius 3 is 2.86 bits per heavy atom. The number of aromatic nitrogens is 2. The molecule has 1 aromatic heterocycles. The number of amides is 1. The summed E-state index contributed by atoms with van der Waals surface area (Å²) in [6, 6.07) is 3.99. The van der Waals surface area contributed by atoms with Crippen LogP contribution in [0.4, 0.5) is 5.82 Å². The van der Waals surface area contributed by atoms with Gasteiger partial charge in [-0.05, 0) is 38.3 Å². The normalized spacial score (nSPS) is 22.0. The molecule has 1 aliphatic heterocycles. The molecule has 1 fully saturated rings. The summed E-state index contributed by atoms with van der Waals surface area (Å²) in [6.07, 6.45) is 7.19. The molecule has 0 radical (unpaired) electrons. The molecule has 1 aliphatic carbocycles. The molecule has 112 valence electrons. The standard InChI is InChI=1S/C16H22N4O/c1-12-7-8-15(19-18-12)20-10-13(11-20)9-17-16(21)14-5-3-2-4-6-14/h2-3,7-8,13-14H,4-6,9-11H2,1H3,(H,17,21). The van der Waals surface area contributed by atoms with E-state index in [-0.39, 0.29) is 11.8 Å². The lowest BCUT2D eigenvalue weighted by Crippen LogP contribution is -2.52. The Morgan fingerprint density at radius 1 is 1.33 bits per heavy atom. The maximum absolute atomic E-state index is 12.1. The van der Waals surface area contributed by atoms with Gasteiger partial charge < -0.3 is 10.2 Å². The van der Waals surface area contributed by atoms with Gasteiger partial charge in [0.15, 0.2) is 5.82 Å². The number of carbonyl (C=O) groups is 1. The van der Waals surface area contributed by atoms with Gasteiger partial charge >= 0.3 is 0 Å². The quantitative estimate of drug-likeness (QED) is 0.856. The van der Waals surface area contributed by atoms with Crippen LogP contribution in [-0.2, 0) is 4.79 Å². The van der Waals surface area contributed by atoms with Crippen molar-refractivity contribution < 1.29 is 4.79 Å². The molecule has 1 amide bonds. The van der Waals surface area contributed by atoms with Gasteiger partial charge in [-0.3, -0.25) is 4.79 Å². The average molecular weight is 286 g/mol. The Labute approximate surface area is 125 Å². The summed E-state index contributed by atoms with van der Waals surface area (Å²) in [6.45, 7) is 4.60. The van der Waals surface area contributed by atoms with E-state index in [1.165, 1.54) is 0 Å². The molecular formula is C16H22N4O. The summed E-state index contributed by atoms with van der Waals surface area (Å²) in [4.78, 5) is 14.3. The van der Waals surface area contributed by atoms with Gasteiger partial charge in [-0.1, -0.05) is 12.2 Å². The topological polar surface area (TPSA) is 58.1 Å². The number of allylic oxidation sites excluding steroid dienone is 2. The number of nitrogens with zero attached hydrogens (tertiary/aromatic N) is 3. The number of carbonyl (C=O) groups excluding carboxylic acids is 1. The molecule has 0 spiro atoms. The largest absolute Gasteiger partial charge is 0.355 e. The molecule has 1 unspecified atom stereocenters. The summed E-state index contributed by atoms with van der Waals surface area (Å²) in [5, 5.41) is 11.4. The molecule has 1 atom stereocenters. The van der Waals surface area contributed by atoms with Crippen molar-refractivity contribution in [1.29, 1.82) is 0 Å². The van der Waals surface area contributed by atoms with Crippen LogP contribution in [0.1, 0.15) is 25.0 Å². The van der Waals surface area contributed by atoms with E-state index in [2.05, 4.69) is 32.6 Å². The zero-order chi connectivity index (χ0) is 14.7. The van der Waals surface area contributed by atoms with E-state index in [0.29, 0.717) is 5.92 Å². The van der Waals surface area contributed by atoms with Crippen LogP contribution in [0.3, 0.4) is 0 Å². The highest BCUT2D eigenvalue weighted by Gasteiger charge is 2.29. The molecular weight excluding hydrogens is 264 g/mol. The molecule has 2 aliphatic rings. The number of rotatable bonds is 4. The fraction of sp³-hybridized carbons (Fsp3) is 0.562. The van der Waals surface area contributed by atoms with Gasteiger partial charge in [-0.25, -0.2) is 0 Å². The Bertz CT molecular complexity index is 520.